The monoisotopic (exact) mass is 398 g/mol. The van der Waals surface area contributed by atoms with Crippen LogP contribution in [-0.4, -0.2) is 34.8 Å². The van der Waals surface area contributed by atoms with Gasteiger partial charge in [-0.3, -0.25) is 9.59 Å². The van der Waals surface area contributed by atoms with E-state index in [1.54, 1.807) is 18.3 Å². The average molecular weight is 398 g/mol. The second-order valence-corrected chi connectivity index (χ2v) is 7.54. The Hall–Kier alpha value is -3.72. The number of amides is 2. The molecule has 1 N–H and O–H groups in total. The molecule has 4 rings (SSSR count). The number of hydrogen-bond acceptors (Lipinski definition) is 4. The molecule has 30 heavy (non-hydrogen) atoms. The molecule has 6 heteroatoms. The Morgan fingerprint density at radius 3 is 2.80 bits per heavy atom. The quantitative estimate of drug-likeness (QED) is 0.633. The number of aromatic nitrogens is 1. The SMILES string of the molecule is N#Cc1ccc(CC2=CCN(C(=O)C=Cc3cnc4c(c3)CCC(=O)N4)CC2)cc1. The Morgan fingerprint density at radius 1 is 1.23 bits per heavy atom. The van der Waals surface area contributed by atoms with Gasteiger partial charge in [0.15, 0.2) is 0 Å². The molecule has 0 bridgehead atoms. The molecular formula is C24H22N4O2. The predicted molar refractivity (Wildman–Crippen MR) is 114 cm³/mol. The first-order valence-electron chi connectivity index (χ1n) is 10.0. The fourth-order valence-electron chi connectivity index (χ4n) is 3.67. The van der Waals surface area contributed by atoms with Gasteiger partial charge in [-0.25, -0.2) is 4.98 Å². The van der Waals surface area contributed by atoms with E-state index >= 15 is 0 Å². The highest BCUT2D eigenvalue weighted by atomic mass is 16.2. The molecule has 1 aromatic carbocycles. The van der Waals surface area contributed by atoms with Gasteiger partial charge < -0.3 is 10.2 Å². The van der Waals surface area contributed by atoms with Gasteiger partial charge in [0, 0.05) is 31.8 Å². The van der Waals surface area contributed by atoms with Gasteiger partial charge in [-0.1, -0.05) is 23.8 Å². The molecule has 2 aromatic rings. The van der Waals surface area contributed by atoms with E-state index in [-0.39, 0.29) is 11.8 Å². The number of benzene rings is 1. The van der Waals surface area contributed by atoms with Crippen LogP contribution in [0.5, 0.6) is 0 Å². The van der Waals surface area contributed by atoms with E-state index in [2.05, 4.69) is 22.4 Å². The summed E-state index contributed by atoms with van der Waals surface area (Å²) in [6.45, 7) is 1.29. The molecule has 0 unspecified atom stereocenters. The number of anilines is 1. The third-order valence-electron chi connectivity index (χ3n) is 5.41. The Bertz CT molecular complexity index is 1080. The lowest BCUT2D eigenvalue weighted by Crippen LogP contribution is -2.33. The standard InChI is InChI=1S/C24H22N4O2/c25-15-19-3-1-17(2-4-19)13-18-9-11-28(12-10-18)23(30)8-5-20-14-21-6-7-22(29)27-24(21)26-16-20/h1-5,8-9,14,16H,6-7,10-13H2,(H,26,27,29). The number of pyridine rings is 1. The second kappa shape index (κ2) is 8.75. The summed E-state index contributed by atoms with van der Waals surface area (Å²) in [6.07, 6.45) is 9.98. The fraction of sp³-hybridized carbons (Fsp3) is 0.250. The summed E-state index contributed by atoms with van der Waals surface area (Å²) in [6, 6.07) is 11.7. The predicted octanol–water partition coefficient (Wildman–Crippen LogP) is 3.25. The van der Waals surface area contributed by atoms with Crippen LogP contribution < -0.4 is 5.32 Å². The number of carbonyl (C=O) groups excluding carboxylic acids is 2. The van der Waals surface area contributed by atoms with E-state index in [1.807, 2.05) is 35.2 Å². The molecule has 0 spiro atoms. The molecule has 2 aliphatic heterocycles. The second-order valence-electron chi connectivity index (χ2n) is 7.54. The zero-order chi connectivity index (χ0) is 20.9. The molecule has 0 radical (unpaired) electrons. The van der Waals surface area contributed by atoms with Gasteiger partial charge in [0.25, 0.3) is 0 Å². The van der Waals surface area contributed by atoms with Crippen molar-refractivity contribution in [1.82, 2.24) is 9.88 Å². The Morgan fingerprint density at radius 2 is 2.07 bits per heavy atom. The lowest BCUT2D eigenvalue weighted by molar-refractivity contribution is -0.125. The van der Waals surface area contributed by atoms with Crippen molar-refractivity contribution in [3.05, 3.63) is 76.5 Å². The van der Waals surface area contributed by atoms with E-state index in [1.165, 1.54) is 11.1 Å². The molecule has 2 aliphatic rings. The smallest absolute Gasteiger partial charge is 0.246 e. The first-order chi connectivity index (χ1) is 14.6. The maximum atomic E-state index is 12.5. The number of nitrogens with one attached hydrogen (secondary N) is 1. The highest BCUT2D eigenvalue weighted by Crippen LogP contribution is 2.22. The maximum Gasteiger partial charge on any atom is 0.246 e. The Balaban J connectivity index is 1.33. The van der Waals surface area contributed by atoms with E-state index < -0.39 is 0 Å². The van der Waals surface area contributed by atoms with Crippen LogP contribution in [-0.2, 0) is 22.4 Å². The minimum Gasteiger partial charge on any atom is -0.335 e. The van der Waals surface area contributed by atoms with Crippen LogP contribution in [0, 0.1) is 11.3 Å². The first kappa shape index (κ1) is 19.6. The lowest BCUT2D eigenvalue weighted by Gasteiger charge is -2.25. The molecular weight excluding hydrogens is 376 g/mol. The van der Waals surface area contributed by atoms with Crippen molar-refractivity contribution in [3.8, 4) is 6.07 Å². The van der Waals surface area contributed by atoms with E-state index in [9.17, 15) is 9.59 Å². The van der Waals surface area contributed by atoms with E-state index in [0.29, 0.717) is 37.3 Å². The van der Waals surface area contributed by atoms with Crippen LogP contribution in [0.1, 0.15) is 35.1 Å². The largest absolute Gasteiger partial charge is 0.335 e. The van der Waals surface area contributed by atoms with Gasteiger partial charge in [-0.2, -0.15) is 5.26 Å². The van der Waals surface area contributed by atoms with Gasteiger partial charge >= 0.3 is 0 Å². The van der Waals surface area contributed by atoms with Crippen LogP contribution in [0.25, 0.3) is 6.08 Å². The van der Waals surface area contributed by atoms with Crippen molar-refractivity contribution in [2.75, 3.05) is 18.4 Å². The van der Waals surface area contributed by atoms with Crippen molar-refractivity contribution in [2.24, 2.45) is 0 Å². The highest BCUT2D eigenvalue weighted by Gasteiger charge is 2.17. The average Bonchev–Trinajstić information content (AvgIpc) is 2.78. The Kier molecular flexibility index (Phi) is 5.71. The summed E-state index contributed by atoms with van der Waals surface area (Å²) in [5.41, 5.74) is 5.01. The van der Waals surface area contributed by atoms with E-state index in [0.717, 1.165) is 24.0 Å². The summed E-state index contributed by atoms with van der Waals surface area (Å²) < 4.78 is 0. The molecule has 0 fully saturated rings. The van der Waals surface area contributed by atoms with Gasteiger partial charge in [-0.15, -0.1) is 0 Å². The number of hydrogen-bond donors (Lipinski definition) is 1. The molecule has 2 amide bonds. The first-order valence-corrected chi connectivity index (χ1v) is 10.0. The van der Waals surface area contributed by atoms with Gasteiger partial charge in [0.1, 0.15) is 5.82 Å². The fourth-order valence-corrected chi connectivity index (χ4v) is 3.67. The zero-order valence-corrected chi connectivity index (χ0v) is 16.6. The van der Waals surface area contributed by atoms with Gasteiger partial charge in [-0.05, 0) is 60.2 Å². The molecule has 0 saturated heterocycles. The summed E-state index contributed by atoms with van der Waals surface area (Å²) in [5, 5.41) is 11.6. The number of nitriles is 1. The van der Waals surface area contributed by atoms with Crippen LogP contribution in [0.4, 0.5) is 5.82 Å². The highest BCUT2D eigenvalue weighted by molar-refractivity contribution is 5.94. The maximum absolute atomic E-state index is 12.5. The summed E-state index contributed by atoms with van der Waals surface area (Å²) >= 11 is 0. The normalized spacial score (nSPS) is 15.9. The van der Waals surface area contributed by atoms with Crippen LogP contribution >= 0.6 is 0 Å². The zero-order valence-electron chi connectivity index (χ0n) is 16.6. The van der Waals surface area contributed by atoms with Crippen LogP contribution in [0.15, 0.2) is 54.3 Å². The van der Waals surface area contributed by atoms with Crippen molar-refractivity contribution < 1.29 is 9.59 Å². The third kappa shape index (κ3) is 4.64. The molecule has 3 heterocycles. The van der Waals surface area contributed by atoms with Crippen molar-refractivity contribution >= 4 is 23.7 Å². The molecule has 0 atom stereocenters. The van der Waals surface area contributed by atoms with Crippen LogP contribution in [0.3, 0.4) is 0 Å². The lowest BCUT2D eigenvalue weighted by atomic mass is 9.99. The van der Waals surface area contributed by atoms with Gasteiger partial charge in [0.05, 0.1) is 11.6 Å². The minimum atomic E-state index is -0.0188. The number of rotatable bonds is 4. The molecule has 0 saturated carbocycles. The van der Waals surface area contributed by atoms with E-state index in [4.69, 9.17) is 5.26 Å². The van der Waals surface area contributed by atoms with Gasteiger partial charge in [0.2, 0.25) is 11.8 Å². The van der Waals surface area contributed by atoms with Crippen molar-refractivity contribution in [3.63, 3.8) is 0 Å². The van der Waals surface area contributed by atoms with Crippen LogP contribution in [0.2, 0.25) is 0 Å². The third-order valence-corrected chi connectivity index (χ3v) is 5.41. The number of aryl methyl sites for hydroxylation is 1. The molecule has 150 valence electrons. The summed E-state index contributed by atoms with van der Waals surface area (Å²) in [5.74, 6) is 0.588. The molecule has 0 aliphatic carbocycles. The number of nitrogens with zero attached hydrogens (tertiary/aromatic N) is 3. The van der Waals surface area contributed by atoms with Crippen molar-refractivity contribution in [2.45, 2.75) is 25.7 Å². The van der Waals surface area contributed by atoms with Crippen molar-refractivity contribution in [1.29, 1.82) is 5.26 Å². The summed E-state index contributed by atoms with van der Waals surface area (Å²) in [4.78, 5) is 30.1. The topological polar surface area (TPSA) is 86.1 Å². The Labute approximate surface area is 175 Å². The minimum absolute atomic E-state index is 0.00910. The number of fused-ring (bicyclic) bond motifs is 1. The summed E-state index contributed by atoms with van der Waals surface area (Å²) in [7, 11) is 0. The molecule has 6 nitrogen and oxygen atoms in total. The number of carbonyl (C=O) groups is 2. The molecule has 1 aromatic heterocycles.